The maximum Gasteiger partial charge on any atom is 0.326 e. The average Bonchev–Trinajstić information content (AvgIpc) is 2.42. The number of carboxylic acids is 1. The van der Waals surface area contributed by atoms with Crippen molar-refractivity contribution in [3.05, 3.63) is 29.8 Å². The van der Waals surface area contributed by atoms with E-state index < -0.39 is 12.0 Å². The molecule has 0 saturated heterocycles. The van der Waals surface area contributed by atoms with Crippen molar-refractivity contribution in [1.82, 2.24) is 5.32 Å². The van der Waals surface area contributed by atoms with Crippen LogP contribution in [0.4, 0.5) is 0 Å². The quantitative estimate of drug-likeness (QED) is 0.812. The highest BCUT2D eigenvalue weighted by molar-refractivity contribution is 5.85. The molecule has 1 atom stereocenters. The van der Waals surface area contributed by atoms with Crippen LogP contribution in [-0.4, -0.2) is 30.1 Å². The number of methoxy groups -OCH3 is 1. The van der Waals surface area contributed by atoms with E-state index in [4.69, 9.17) is 4.74 Å². The van der Waals surface area contributed by atoms with E-state index in [0.29, 0.717) is 12.2 Å². The summed E-state index contributed by atoms with van der Waals surface area (Å²) in [6, 6.07) is 6.35. The summed E-state index contributed by atoms with van der Waals surface area (Å²) in [7, 11) is 1.54. The van der Waals surface area contributed by atoms with Crippen LogP contribution in [-0.2, 0) is 16.0 Å². The summed E-state index contributed by atoms with van der Waals surface area (Å²) in [4.78, 5) is 23.4. The molecule has 5 nitrogen and oxygen atoms in total. The van der Waals surface area contributed by atoms with E-state index in [1.165, 1.54) is 0 Å². The number of hydrogen-bond acceptors (Lipinski definition) is 3. The molecule has 0 fully saturated rings. The molecule has 0 saturated carbocycles. The van der Waals surface area contributed by atoms with Gasteiger partial charge in [-0.2, -0.15) is 0 Å². The van der Waals surface area contributed by atoms with Crippen molar-refractivity contribution in [3.8, 4) is 5.75 Å². The molecular weight excluding hydrogens is 282 g/mol. The van der Waals surface area contributed by atoms with Crippen LogP contribution in [0.1, 0.15) is 39.2 Å². The van der Waals surface area contributed by atoms with Gasteiger partial charge >= 0.3 is 5.97 Å². The zero-order chi connectivity index (χ0) is 16.8. The largest absolute Gasteiger partial charge is 0.496 e. The number of carbonyl (C=O) groups excluding carboxylic acids is 1. The van der Waals surface area contributed by atoms with Gasteiger partial charge in [-0.1, -0.05) is 39.0 Å². The number of hydrogen-bond donors (Lipinski definition) is 2. The molecule has 5 heteroatoms. The summed E-state index contributed by atoms with van der Waals surface area (Å²) in [6.45, 7) is 6.13. The first-order valence-electron chi connectivity index (χ1n) is 7.37. The minimum Gasteiger partial charge on any atom is -0.496 e. The number of aliphatic carboxylic acids is 1. The van der Waals surface area contributed by atoms with Gasteiger partial charge in [-0.25, -0.2) is 4.79 Å². The molecule has 2 N–H and O–H groups in total. The second kappa shape index (κ2) is 7.82. The number of amides is 1. The van der Waals surface area contributed by atoms with Gasteiger partial charge in [0.25, 0.3) is 0 Å². The van der Waals surface area contributed by atoms with Gasteiger partial charge in [0.1, 0.15) is 11.8 Å². The zero-order valence-corrected chi connectivity index (χ0v) is 13.7. The summed E-state index contributed by atoms with van der Waals surface area (Å²) in [5.41, 5.74) is 0.767. The normalized spacial score (nSPS) is 12.5. The fourth-order valence-electron chi connectivity index (χ4n) is 2.10. The molecule has 1 aromatic rings. The lowest BCUT2D eigenvalue weighted by Crippen LogP contribution is -2.42. The SMILES string of the molecule is COc1ccccc1CC(=O)NC(CCC(C)(C)C)C(=O)O. The number of ether oxygens (including phenoxy) is 1. The molecule has 1 amide bonds. The molecule has 0 aliphatic heterocycles. The van der Waals surface area contributed by atoms with E-state index in [0.717, 1.165) is 12.0 Å². The Hall–Kier alpha value is -2.04. The Morgan fingerprint density at radius 3 is 2.45 bits per heavy atom. The van der Waals surface area contributed by atoms with Crippen LogP contribution in [0.5, 0.6) is 5.75 Å². The topological polar surface area (TPSA) is 75.6 Å². The molecule has 1 rings (SSSR count). The van der Waals surface area contributed by atoms with Crippen LogP contribution >= 0.6 is 0 Å². The number of para-hydroxylation sites is 1. The number of carbonyl (C=O) groups is 2. The molecule has 1 aromatic carbocycles. The minimum absolute atomic E-state index is 0.0288. The number of carboxylic acid groups (broad SMARTS) is 1. The smallest absolute Gasteiger partial charge is 0.326 e. The van der Waals surface area contributed by atoms with E-state index in [9.17, 15) is 14.7 Å². The Morgan fingerprint density at radius 1 is 1.27 bits per heavy atom. The van der Waals surface area contributed by atoms with Crippen molar-refractivity contribution >= 4 is 11.9 Å². The molecule has 0 bridgehead atoms. The third kappa shape index (κ3) is 6.16. The van der Waals surface area contributed by atoms with Crippen molar-refractivity contribution in [3.63, 3.8) is 0 Å². The Bertz CT molecular complexity index is 520. The number of rotatable bonds is 7. The van der Waals surface area contributed by atoms with Gasteiger partial charge in [0.05, 0.1) is 13.5 Å². The molecule has 1 unspecified atom stereocenters. The molecule has 0 heterocycles. The lowest BCUT2D eigenvalue weighted by atomic mass is 9.88. The molecule has 0 aliphatic carbocycles. The van der Waals surface area contributed by atoms with Gasteiger partial charge in [0.2, 0.25) is 5.91 Å². The Kier molecular flexibility index (Phi) is 6.40. The minimum atomic E-state index is -1.00. The molecule has 122 valence electrons. The van der Waals surface area contributed by atoms with Gasteiger partial charge in [0, 0.05) is 5.56 Å². The van der Waals surface area contributed by atoms with Crippen LogP contribution in [0.3, 0.4) is 0 Å². The van der Waals surface area contributed by atoms with E-state index in [1.54, 1.807) is 19.2 Å². The average molecular weight is 307 g/mol. The van der Waals surface area contributed by atoms with E-state index in [2.05, 4.69) is 5.32 Å². The van der Waals surface area contributed by atoms with Crippen molar-refractivity contribution in [2.24, 2.45) is 5.41 Å². The first-order valence-corrected chi connectivity index (χ1v) is 7.37. The third-order valence-electron chi connectivity index (χ3n) is 3.36. The third-order valence-corrected chi connectivity index (χ3v) is 3.36. The number of nitrogens with one attached hydrogen (secondary N) is 1. The second-order valence-electron chi connectivity index (χ2n) is 6.55. The fourth-order valence-corrected chi connectivity index (χ4v) is 2.10. The lowest BCUT2D eigenvalue weighted by molar-refractivity contribution is -0.142. The summed E-state index contributed by atoms with van der Waals surface area (Å²) >= 11 is 0. The van der Waals surface area contributed by atoms with Gasteiger partial charge in [-0.05, 0) is 24.3 Å². The molecule has 0 spiro atoms. The predicted octanol–water partition coefficient (Wildman–Crippen LogP) is 2.63. The first kappa shape index (κ1) is 18.0. The maximum absolute atomic E-state index is 12.1. The zero-order valence-electron chi connectivity index (χ0n) is 13.7. The Morgan fingerprint density at radius 2 is 1.91 bits per heavy atom. The van der Waals surface area contributed by atoms with Crippen LogP contribution < -0.4 is 10.1 Å². The monoisotopic (exact) mass is 307 g/mol. The van der Waals surface area contributed by atoms with Crippen LogP contribution in [0, 0.1) is 5.41 Å². The molecule has 22 heavy (non-hydrogen) atoms. The van der Waals surface area contributed by atoms with Crippen LogP contribution in [0.25, 0.3) is 0 Å². The molecule has 0 aliphatic rings. The van der Waals surface area contributed by atoms with Crippen LogP contribution in [0.15, 0.2) is 24.3 Å². The lowest BCUT2D eigenvalue weighted by Gasteiger charge is -2.21. The standard InChI is InChI=1S/C17H25NO4/c1-17(2,3)10-9-13(16(20)21)18-15(19)11-12-7-5-6-8-14(12)22-4/h5-8,13H,9-11H2,1-4H3,(H,18,19)(H,20,21). The van der Waals surface area contributed by atoms with Gasteiger partial charge in [-0.15, -0.1) is 0 Å². The molecule has 0 aromatic heterocycles. The van der Waals surface area contributed by atoms with Gasteiger partial charge in [-0.3, -0.25) is 4.79 Å². The highest BCUT2D eigenvalue weighted by atomic mass is 16.5. The highest BCUT2D eigenvalue weighted by Gasteiger charge is 2.23. The summed E-state index contributed by atoms with van der Waals surface area (Å²) in [5.74, 6) is -0.692. The van der Waals surface area contributed by atoms with Gasteiger partial charge in [0.15, 0.2) is 0 Å². The van der Waals surface area contributed by atoms with Crippen LogP contribution in [0.2, 0.25) is 0 Å². The fraction of sp³-hybridized carbons (Fsp3) is 0.529. The molecule has 0 radical (unpaired) electrons. The summed E-state index contributed by atoms with van der Waals surface area (Å²) in [5, 5.41) is 11.8. The predicted molar refractivity (Wildman–Crippen MR) is 85.0 cm³/mol. The summed E-state index contributed by atoms with van der Waals surface area (Å²) in [6.07, 6.45) is 1.23. The number of benzene rings is 1. The first-order chi connectivity index (χ1) is 10.2. The van der Waals surface area contributed by atoms with E-state index >= 15 is 0 Å². The molecular formula is C17H25NO4. The van der Waals surface area contributed by atoms with E-state index in [1.807, 2.05) is 32.9 Å². The maximum atomic E-state index is 12.1. The van der Waals surface area contributed by atoms with Crippen molar-refractivity contribution in [2.75, 3.05) is 7.11 Å². The van der Waals surface area contributed by atoms with Crippen molar-refractivity contribution in [1.29, 1.82) is 0 Å². The van der Waals surface area contributed by atoms with Gasteiger partial charge < -0.3 is 15.2 Å². The summed E-state index contributed by atoms with van der Waals surface area (Å²) < 4.78 is 5.19. The van der Waals surface area contributed by atoms with E-state index in [-0.39, 0.29) is 17.7 Å². The second-order valence-corrected chi connectivity index (χ2v) is 6.55. The van der Waals surface area contributed by atoms with Crippen molar-refractivity contribution < 1.29 is 19.4 Å². The Labute approximate surface area is 131 Å². The Balaban J connectivity index is 2.65. The highest BCUT2D eigenvalue weighted by Crippen LogP contribution is 2.22. The van der Waals surface area contributed by atoms with Crippen molar-refractivity contribution in [2.45, 2.75) is 46.1 Å².